The summed E-state index contributed by atoms with van der Waals surface area (Å²) in [5.74, 6) is -2.14. The summed E-state index contributed by atoms with van der Waals surface area (Å²) in [4.78, 5) is 71.9. The molecule has 0 aliphatic carbocycles. The number of esters is 4. The number of phosphoric acid groups is 2. The Labute approximate surface area is 505 Å². The molecule has 0 aromatic rings. The van der Waals surface area contributed by atoms with E-state index in [2.05, 4.69) is 27.7 Å². The third-order valence-electron chi connectivity index (χ3n) is 14.9. The Morgan fingerprint density at radius 2 is 0.482 bits per heavy atom. The predicted molar refractivity (Wildman–Crippen MR) is 331 cm³/mol. The van der Waals surface area contributed by atoms with Crippen molar-refractivity contribution < 1.29 is 80.2 Å². The van der Waals surface area contributed by atoms with Crippen LogP contribution in [0.2, 0.25) is 0 Å². The van der Waals surface area contributed by atoms with Crippen molar-refractivity contribution in [2.24, 2.45) is 0 Å². The maximum Gasteiger partial charge on any atom is 0.472 e. The Morgan fingerprint density at radius 1 is 0.289 bits per heavy atom. The molecule has 492 valence electrons. The van der Waals surface area contributed by atoms with Crippen molar-refractivity contribution in [1.29, 1.82) is 0 Å². The van der Waals surface area contributed by atoms with E-state index in [1.54, 1.807) is 0 Å². The molecule has 3 N–H and O–H groups in total. The van der Waals surface area contributed by atoms with Gasteiger partial charge in [-0.05, 0) is 25.7 Å². The lowest BCUT2D eigenvalue weighted by Gasteiger charge is -2.21. The van der Waals surface area contributed by atoms with Crippen LogP contribution in [0.25, 0.3) is 0 Å². The van der Waals surface area contributed by atoms with Gasteiger partial charge in [-0.15, -0.1) is 0 Å². The smallest absolute Gasteiger partial charge is 0.462 e. The first-order valence-electron chi connectivity index (χ1n) is 33.8. The molecule has 19 heteroatoms. The van der Waals surface area contributed by atoms with E-state index in [0.717, 1.165) is 96.3 Å². The summed E-state index contributed by atoms with van der Waals surface area (Å²) in [7, 11) is -9.87. The topological polar surface area (TPSA) is 237 Å². The largest absolute Gasteiger partial charge is 0.472 e. The fourth-order valence-corrected chi connectivity index (χ4v) is 11.2. The first-order chi connectivity index (χ1) is 40.2. The average Bonchev–Trinajstić information content (AvgIpc) is 3.50. The van der Waals surface area contributed by atoms with Gasteiger partial charge < -0.3 is 33.8 Å². The van der Waals surface area contributed by atoms with E-state index < -0.39 is 97.5 Å². The highest BCUT2D eigenvalue weighted by molar-refractivity contribution is 7.47. The minimum atomic E-state index is -4.94. The monoisotopic (exact) mass is 1230 g/mol. The number of unbranched alkanes of at least 4 members (excludes halogenated alkanes) is 39. The lowest BCUT2D eigenvalue weighted by molar-refractivity contribution is -0.161. The van der Waals surface area contributed by atoms with E-state index in [9.17, 15) is 43.2 Å². The molecule has 0 amide bonds. The van der Waals surface area contributed by atoms with Crippen LogP contribution in [-0.2, 0) is 65.4 Å². The van der Waals surface area contributed by atoms with Gasteiger partial charge in [-0.1, -0.05) is 278 Å². The lowest BCUT2D eigenvalue weighted by Crippen LogP contribution is -2.30. The van der Waals surface area contributed by atoms with Crippen molar-refractivity contribution in [2.45, 2.75) is 348 Å². The Hall–Kier alpha value is -1.94. The van der Waals surface area contributed by atoms with Crippen LogP contribution in [-0.4, -0.2) is 96.7 Å². The number of rotatable bonds is 65. The number of carbonyl (C=O) groups excluding carboxylic acids is 4. The summed E-state index contributed by atoms with van der Waals surface area (Å²) < 4.78 is 67.8. The minimum Gasteiger partial charge on any atom is -0.462 e. The number of aliphatic hydroxyl groups excluding tert-OH is 1. The molecule has 0 aliphatic heterocycles. The summed E-state index contributed by atoms with van der Waals surface area (Å²) in [6.45, 7) is 4.80. The normalized spacial score (nSPS) is 14.2. The van der Waals surface area contributed by atoms with Crippen molar-refractivity contribution in [3.8, 4) is 0 Å². The SMILES string of the molecule is CCCCCCCCCCCCCCCCCCCC(=O)O[C@H](COC(=O)CCCCCCCCCCCCC)COP(=O)(O)OC[C@@H](O)COP(=O)(O)OC[C@@H](COC(=O)CCCCCCC)OC(=O)CCCCCCCCCCCC. The zero-order chi connectivity index (χ0) is 61.2. The Bertz CT molecular complexity index is 1600. The second-order valence-electron chi connectivity index (χ2n) is 23.2. The van der Waals surface area contributed by atoms with Gasteiger partial charge in [0.05, 0.1) is 26.4 Å². The van der Waals surface area contributed by atoms with Gasteiger partial charge in [-0.2, -0.15) is 0 Å². The van der Waals surface area contributed by atoms with Crippen LogP contribution in [0.3, 0.4) is 0 Å². The fourth-order valence-electron chi connectivity index (χ4n) is 9.63. The third kappa shape index (κ3) is 58.8. The van der Waals surface area contributed by atoms with Crippen molar-refractivity contribution in [2.75, 3.05) is 39.6 Å². The number of hydrogen-bond acceptors (Lipinski definition) is 15. The van der Waals surface area contributed by atoms with E-state index in [1.807, 2.05) is 0 Å². The van der Waals surface area contributed by atoms with E-state index >= 15 is 0 Å². The standard InChI is InChI=1S/C64H124O17P2/c1-5-9-13-17-20-23-26-27-28-29-30-31-33-36-39-43-47-51-64(69)81-60(55-75-62(67)49-45-41-37-35-32-24-21-18-14-10-6-2)57-79-83(72,73)77-53-58(65)52-76-82(70,71)78-56-59(54-74-61(66)48-44-40-16-12-8-4)80-63(68)50-46-42-38-34-25-22-19-15-11-7-3/h58-60,65H,5-57H2,1-4H3,(H,70,71)(H,72,73)/t58-,59+,60+/m0/s1. The number of hydrogen-bond donors (Lipinski definition) is 3. The number of aliphatic hydroxyl groups is 1. The summed E-state index contributed by atoms with van der Waals surface area (Å²) >= 11 is 0. The van der Waals surface area contributed by atoms with Crippen LogP contribution in [0.15, 0.2) is 0 Å². The Balaban J connectivity index is 5.14. The Morgan fingerprint density at radius 3 is 0.711 bits per heavy atom. The van der Waals surface area contributed by atoms with E-state index in [0.29, 0.717) is 25.7 Å². The van der Waals surface area contributed by atoms with Gasteiger partial charge in [0.2, 0.25) is 0 Å². The van der Waals surface area contributed by atoms with Crippen molar-refractivity contribution >= 4 is 39.5 Å². The van der Waals surface area contributed by atoms with E-state index in [-0.39, 0.29) is 25.7 Å². The molecule has 0 fully saturated rings. The van der Waals surface area contributed by atoms with Crippen LogP contribution in [0.5, 0.6) is 0 Å². The van der Waals surface area contributed by atoms with Crippen molar-refractivity contribution in [3.63, 3.8) is 0 Å². The number of ether oxygens (including phenoxy) is 4. The maximum absolute atomic E-state index is 13.0. The number of carbonyl (C=O) groups is 4. The summed E-state index contributed by atoms with van der Waals surface area (Å²) in [5.41, 5.74) is 0. The lowest BCUT2D eigenvalue weighted by atomic mass is 10.0. The molecular formula is C64H124O17P2. The summed E-state index contributed by atoms with van der Waals surface area (Å²) in [5, 5.41) is 10.5. The molecule has 0 saturated heterocycles. The van der Waals surface area contributed by atoms with Gasteiger partial charge in [-0.25, -0.2) is 9.13 Å². The molecule has 0 spiro atoms. The van der Waals surface area contributed by atoms with Gasteiger partial charge in [0.15, 0.2) is 12.2 Å². The van der Waals surface area contributed by atoms with Gasteiger partial charge in [0.1, 0.15) is 19.3 Å². The van der Waals surface area contributed by atoms with Gasteiger partial charge in [0.25, 0.3) is 0 Å². The van der Waals surface area contributed by atoms with Gasteiger partial charge in [0, 0.05) is 25.7 Å². The zero-order valence-electron chi connectivity index (χ0n) is 53.2. The Kier molecular flexibility index (Phi) is 57.7. The molecule has 0 aliphatic rings. The summed E-state index contributed by atoms with van der Waals surface area (Å²) in [6, 6.07) is 0. The molecule has 0 radical (unpaired) electrons. The fraction of sp³-hybridized carbons (Fsp3) is 0.938. The second kappa shape index (κ2) is 59.0. The molecule has 17 nitrogen and oxygen atoms in total. The van der Waals surface area contributed by atoms with Crippen molar-refractivity contribution in [3.05, 3.63) is 0 Å². The molecule has 0 aromatic heterocycles. The molecule has 5 atom stereocenters. The highest BCUT2D eigenvalue weighted by Crippen LogP contribution is 2.45. The number of phosphoric ester groups is 2. The highest BCUT2D eigenvalue weighted by atomic mass is 31.2. The van der Waals surface area contributed by atoms with Crippen molar-refractivity contribution in [1.82, 2.24) is 0 Å². The van der Waals surface area contributed by atoms with Crippen LogP contribution in [0.1, 0.15) is 329 Å². The average molecular weight is 1230 g/mol. The first-order valence-corrected chi connectivity index (χ1v) is 36.8. The highest BCUT2D eigenvalue weighted by Gasteiger charge is 2.30. The molecule has 0 aromatic carbocycles. The first kappa shape index (κ1) is 81.1. The molecule has 0 heterocycles. The van der Waals surface area contributed by atoms with Crippen LogP contribution >= 0.6 is 15.6 Å². The van der Waals surface area contributed by atoms with E-state index in [4.69, 9.17) is 37.0 Å². The summed E-state index contributed by atoms with van der Waals surface area (Å²) in [6.07, 6.45) is 44.8. The molecule has 0 saturated carbocycles. The third-order valence-corrected chi connectivity index (χ3v) is 16.8. The van der Waals surface area contributed by atoms with Gasteiger partial charge >= 0.3 is 39.5 Å². The van der Waals surface area contributed by atoms with E-state index in [1.165, 1.54) is 154 Å². The predicted octanol–water partition coefficient (Wildman–Crippen LogP) is 17.9. The molecular weight excluding hydrogens is 1100 g/mol. The molecule has 0 bridgehead atoms. The molecule has 2 unspecified atom stereocenters. The minimum absolute atomic E-state index is 0.106. The van der Waals surface area contributed by atoms with Crippen LogP contribution in [0, 0.1) is 0 Å². The molecule has 0 rings (SSSR count). The maximum atomic E-state index is 13.0. The van der Waals surface area contributed by atoms with Crippen LogP contribution < -0.4 is 0 Å². The molecule has 83 heavy (non-hydrogen) atoms. The second-order valence-corrected chi connectivity index (χ2v) is 26.1. The van der Waals surface area contributed by atoms with Crippen LogP contribution in [0.4, 0.5) is 0 Å². The van der Waals surface area contributed by atoms with Gasteiger partial charge in [-0.3, -0.25) is 37.3 Å². The zero-order valence-corrected chi connectivity index (χ0v) is 54.9. The quantitative estimate of drug-likeness (QED) is 0.0222.